The molecule has 33 heavy (non-hydrogen) atoms. The molecule has 0 unspecified atom stereocenters. The second-order valence-corrected chi connectivity index (χ2v) is 12.5. The van der Waals surface area contributed by atoms with Crippen molar-refractivity contribution in [2.24, 2.45) is 5.41 Å². The fraction of sp³-hybridized carbons (Fsp3) is 0.333. The first-order valence-electron chi connectivity index (χ1n) is 9.37. The topological polar surface area (TPSA) is 98.7 Å². The van der Waals surface area contributed by atoms with E-state index < -0.39 is 17.4 Å². The third kappa shape index (κ3) is 9.10. The molecule has 6 nitrogen and oxygen atoms in total. The van der Waals surface area contributed by atoms with E-state index in [1.807, 2.05) is 0 Å². The summed E-state index contributed by atoms with van der Waals surface area (Å²) < 4.78 is 16.4. The molecule has 0 N–H and O–H groups in total. The van der Waals surface area contributed by atoms with E-state index in [2.05, 4.69) is 95.6 Å². The van der Waals surface area contributed by atoms with Gasteiger partial charge in [-0.05, 0) is 114 Å². The Morgan fingerprint density at radius 1 is 0.667 bits per heavy atom. The summed E-state index contributed by atoms with van der Waals surface area (Å²) in [5.74, 6) is -1.50. The number of rotatable bonds is 12. The van der Waals surface area contributed by atoms with Crippen molar-refractivity contribution >= 4 is 108 Å². The zero-order valence-electron chi connectivity index (χ0n) is 16.8. The molecular weight excluding hydrogens is 828 g/mol. The van der Waals surface area contributed by atoms with Crippen LogP contribution in [0.25, 0.3) is 0 Å². The lowest BCUT2D eigenvalue weighted by molar-refractivity contribution is -0.306. The van der Waals surface area contributed by atoms with Crippen molar-refractivity contribution in [1.29, 1.82) is 0 Å². The SMILES string of the molecule is O=C([O-])CCC(CCC(=O)[O-])(COc1c(Br)cc(Br)cc1Br)COc1c(Br)cc(Br)cc1Br. The number of ether oxygens (including phenoxy) is 2. The van der Waals surface area contributed by atoms with Crippen LogP contribution < -0.4 is 19.7 Å². The molecule has 0 radical (unpaired) electrons. The molecule has 2 rings (SSSR count). The standard InChI is InChI=1S/C21H18Br6O6/c22-11-5-13(24)19(14(25)6-11)32-9-21(3-1-17(28)29,4-2-18(30)31)10-33-20-15(26)7-12(23)8-16(20)27/h5-8H,1-4,9-10H2,(H,28,29)(H,30,31)/p-2. The predicted octanol–water partition coefficient (Wildman–Crippen LogP) is 5.77. The number of hydrogen-bond donors (Lipinski definition) is 0. The summed E-state index contributed by atoms with van der Waals surface area (Å²) >= 11 is 20.6. The fourth-order valence-electron chi connectivity index (χ4n) is 2.97. The van der Waals surface area contributed by atoms with Crippen LogP contribution in [0.2, 0.25) is 0 Å². The molecule has 0 bridgehead atoms. The van der Waals surface area contributed by atoms with E-state index in [1.165, 1.54) is 0 Å². The summed E-state index contributed by atoms with van der Waals surface area (Å²) in [4.78, 5) is 22.5. The maximum Gasteiger partial charge on any atom is 0.147 e. The van der Waals surface area contributed by atoms with Crippen LogP contribution in [-0.2, 0) is 9.59 Å². The first-order chi connectivity index (χ1) is 15.4. The van der Waals surface area contributed by atoms with Gasteiger partial charge in [0.2, 0.25) is 0 Å². The van der Waals surface area contributed by atoms with Crippen LogP contribution in [0.4, 0.5) is 0 Å². The molecule has 0 fully saturated rings. The van der Waals surface area contributed by atoms with Crippen LogP contribution in [0.3, 0.4) is 0 Å². The maximum absolute atomic E-state index is 11.3. The maximum atomic E-state index is 11.3. The van der Waals surface area contributed by atoms with Gasteiger partial charge in [0.15, 0.2) is 0 Å². The molecule has 0 aromatic heterocycles. The highest BCUT2D eigenvalue weighted by atomic mass is 79.9. The minimum Gasteiger partial charge on any atom is -0.550 e. The van der Waals surface area contributed by atoms with Gasteiger partial charge in [-0.3, -0.25) is 0 Å². The fourth-order valence-corrected chi connectivity index (χ4v) is 7.95. The van der Waals surface area contributed by atoms with E-state index in [0.29, 0.717) is 29.4 Å². The van der Waals surface area contributed by atoms with Gasteiger partial charge in [0.25, 0.3) is 0 Å². The largest absolute Gasteiger partial charge is 0.550 e. The molecular formula is C21H16Br6O6-2. The second kappa shape index (κ2) is 13.2. The van der Waals surface area contributed by atoms with Gasteiger partial charge in [0.1, 0.15) is 11.5 Å². The van der Waals surface area contributed by atoms with Crippen molar-refractivity contribution in [1.82, 2.24) is 0 Å². The Hall–Kier alpha value is -0.140. The number of carboxylic acid groups (broad SMARTS) is 2. The normalized spacial score (nSPS) is 11.3. The minimum atomic E-state index is -1.25. The van der Waals surface area contributed by atoms with E-state index in [1.54, 1.807) is 24.3 Å². The molecule has 0 amide bonds. The van der Waals surface area contributed by atoms with Crippen LogP contribution in [-0.4, -0.2) is 25.2 Å². The first kappa shape index (κ1) is 29.1. The Balaban J connectivity index is 2.37. The molecule has 2 aromatic rings. The highest BCUT2D eigenvalue weighted by molar-refractivity contribution is 9.12. The zero-order valence-corrected chi connectivity index (χ0v) is 26.3. The molecule has 12 heteroatoms. The molecule has 0 aliphatic carbocycles. The summed E-state index contributed by atoms with van der Waals surface area (Å²) in [6, 6.07) is 7.21. The summed E-state index contributed by atoms with van der Waals surface area (Å²) in [6.07, 6.45) is -0.406. The number of carbonyl (C=O) groups is 2. The monoisotopic (exact) mass is 838 g/mol. The molecule has 0 atom stereocenters. The summed E-state index contributed by atoms with van der Waals surface area (Å²) in [7, 11) is 0. The van der Waals surface area contributed by atoms with Gasteiger partial charge in [-0.15, -0.1) is 0 Å². The molecule has 0 heterocycles. The van der Waals surface area contributed by atoms with Gasteiger partial charge in [-0.2, -0.15) is 0 Å². The van der Waals surface area contributed by atoms with Gasteiger partial charge < -0.3 is 29.3 Å². The average Bonchev–Trinajstić information content (AvgIpc) is 2.68. The van der Waals surface area contributed by atoms with Gasteiger partial charge in [0.05, 0.1) is 31.1 Å². The molecule has 2 aromatic carbocycles. The lowest BCUT2D eigenvalue weighted by Gasteiger charge is -2.34. The molecule has 0 aliphatic heterocycles. The molecule has 0 saturated heterocycles. The van der Waals surface area contributed by atoms with Crippen molar-refractivity contribution in [2.45, 2.75) is 25.7 Å². The highest BCUT2D eigenvalue weighted by Crippen LogP contribution is 2.41. The predicted molar refractivity (Wildman–Crippen MR) is 141 cm³/mol. The third-order valence-electron chi connectivity index (χ3n) is 4.69. The van der Waals surface area contributed by atoms with E-state index in [9.17, 15) is 19.8 Å². The molecule has 180 valence electrons. The molecule has 0 spiro atoms. The first-order valence-corrected chi connectivity index (χ1v) is 14.1. The van der Waals surface area contributed by atoms with Crippen LogP contribution in [0, 0.1) is 5.41 Å². The van der Waals surface area contributed by atoms with Crippen LogP contribution in [0.5, 0.6) is 11.5 Å². The van der Waals surface area contributed by atoms with Crippen molar-refractivity contribution in [2.75, 3.05) is 13.2 Å². The Bertz CT molecular complexity index is 901. The van der Waals surface area contributed by atoms with Gasteiger partial charge >= 0.3 is 0 Å². The Morgan fingerprint density at radius 2 is 0.970 bits per heavy atom. The van der Waals surface area contributed by atoms with Crippen LogP contribution in [0.15, 0.2) is 51.1 Å². The van der Waals surface area contributed by atoms with E-state index in [0.717, 1.165) is 8.95 Å². The van der Waals surface area contributed by atoms with E-state index in [4.69, 9.17) is 9.47 Å². The Labute approximate surface area is 241 Å². The number of carboxylic acids is 2. The highest BCUT2D eigenvalue weighted by Gasteiger charge is 2.33. The Kier molecular flexibility index (Phi) is 11.7. The Morgan fingerprint density at radius 3 is 1.24 bits per heavy atom. The molecule has 0 saturated carbocycles. The summed E-state index contributed by atoms with van der Waals surface area (Å²) in [6.45, 7) is -0.00365. The smallest absolute Gasteiger partial charge is 0.147 e. The number of benzene rings is 2. The van der Waals surface area contributed by atoms with Crippen LogP contribution >= 0.6 is 95.6 Å². The van der Waals surface area contributed by atoms with Crippen molar-refractivity contribution in [3.05, 3.63) is 51.1 Å². The summed E-state index contributed by atoms with van der Waals surface area (Å²) in [5, 5.41) is 22.5. The van der Waals surface area contributed by atoms with Crippen molar-refractivity contribution < 1.29 is 29.3 Å². The second-order valence-electron chi connectivity index (χ2n) is 7.22. The van der Waals surface area contributed by atoms with E-state index in [-0.39, 0.29) is 38.9 Å². The summed E-state index contributed by atoms with van der Waals surface area (Å²) in [5.41, 5.74) is -0.960. The third-order valence-corrected chi connectivity index (χ3v) is 7.96. The van der Waals surface area contributed by atoms with Crippen LogP contribution in [0.1, 0.15) is 25.7 Å². The zero-order chi connectivity index (χ0) is 24.8. The number of halogens is 6. The lowest BCUT2D eigenvalue weighted by atomic mass is 9.80. The number of carbonyl (C=O) groups excluding carboxylic acids is 2. The quantitative estimate of drug-likeness (QED) is 0.270. The lowest BCUT2D eigenvalue weighted by Crippen LogP contribution is -2.39. The average molecular weight is 844 g/mol. The van der Waals surface area contributed by atoms with Gasteiger partial charge in [0, 0.05) is 26.3 Å². The number of hydrogen-bond acceptors (Lipinski definition) is 6. The van der Waals surface area contributed by atoms with Gasteiger partial charge in [-0.1, -0.05) is 31.9 Å². The minimum absolute atomic E-state index is 0.00183. The number of aliphatic carboxylic acids is 2. The molecule has 0 aliphatic rings. The van der Waals surface area contributed by atoms with Gasteiger partial charge in [-0.25, -0.2) is 0 Å². The van der Waals surface area contributed by atoms with Crippen molar-refractivity contribution in [3.63, 3.8) is 0 Å². The van der Waals surface area contributed by atoms with Crippen molar-refractivity contribution in [3.8, 4) is 11.5 Å². The van der Waals surface area contributed by atoms with E-state index >= 15 is 0 Å².